The van der Waals surface area contributed by atoms with Crippen molar-refractivity contribution in [2.24, 2.45) is 5.92 Å². The van der Waals surface area contributed by atoms with E-state index < -0.39 is 35.7 Å². The molecule has 1 aliphatic rings. The summed E-state index contributed by atoms with van der Waals surface area (Å²) in [6.45, 7) is 3.39. The van der Waals surface area contributed by atoms with Crippen LogP contribution in [-0.2, 0) is 27.0 Å². The fourth-order valence-electron chi connectivity index (χ4n) is 2.50. The number of rotatable bonds is 8. The highest BCUT2D eigenvalue weighted by Crippen LogP contribution is 2.42. The molecule has 0 radical (unpaired) electrons. The number of nitrogens with one attached hydrogen (secondary N) is 1. The van der Waals surface area contributed by atoms with Crippen molar-refractivity contribution in [3.8, 4) is 0 Å². The number of ether oxygens (including phenoxy) is 1. The lowest BCUT2D eigenvalue weighted by atomic mass is 10.1. The van der Waals surface area contributed by atoms with Crippen LogP contribution in [-0.4, -0.2) is 40.1 Å². The third kappa shape index (κ3) is 5.15. The van der Waals surface area contributed by atoms with E-state index in [-0.39, 0.29) is 24.8 Å². The molecule has 1 heterocycles. The van der Waals surface area contributed by atoms with Crippen molar-refractivity contribution in [3.63, 3.8) is 0 Å². The van der Waals surface area contributed by atoms with Gasteiger partial charge in [0.2, 0.25) is 5.91 Å². The molecule has 1 saturated carbocycles. The van der Waals surface area contributed by atoms with Crippen molar-refractivity contribution in [1.82, 2.24) is 15.1 Å². The number of carbonyl (C=O) groups is 2. The molecular weight excluding hydrogens is 371 g/mol. The number of carbonyl (C=O) groups excluding carboxylic acids is 2. The van der Waals surface area contributed by atoms with E-state index in [0.717, 1.165) is 18.9 Å². The summed E-state index contributed by atoms with van der Waals surface area (Å²) >= 11 is 4.02. The van der Waals surface area contributed by atoms with Gasteiger partial charge in [-0.2, -0.15) is 30.9 Å². The molecule has 1 unspecified atom stereocenters. The largest absolute Gasteiger partial charge is 0.464 e. The third-order valence-corrected chi connectivity index (χ3v) is 4.43. The minimum Gasteiger partial charge on any atom is -0.464 e. The molecule has 1 aromatic heterocycles. The molecule has 0 aliphatic heterocycles. The van der Waals surface area contributed by atoms with Gasteiger partial charge in [-0.25, -0.2) is 4.79 Å². The molecule has 1 N–H and O–H groups in total. The second kappa shape index (κ2) is 8.32. The Labute approximate surface area is 154 Å². The first-order chi connectivity index (χ1) is 12.2. The van der Waals surface area contributed by atoms with Crippen molar-refractivity contribution in [2.75, 3.05) is 12.4 Å². The summed E-state index contributed by atoms with van der Waals surface area (Å²) in [5, 5.41) is 6.15. The number of aromatic nitrogens is 2. The van der Waals surface area contributed by atoms with Crippen LogP contribution in [0, 0.1) is 5.92 Å². The number of esters is 1. The van der Waals surface area contributed by atoms with Crippen molar-refractivity contribution >= 4 is 24.5 Å². The topological polar surface area (TPSA) is 73.2 Å². The monoisotopic (exact) mass is 393 g/mol. The highest BCUT2D eigenvalue weighted by atomic mass is 32.1. The lowest BCUT2D eigenvalue weighted by Crippen LogP contribution is -2.46. The standard InChI is InChI=1S/C16H22F3N3O3S/c1-3-25-15(24)11(8-26)20-14(23)9(2)7-22-12(10-4-5-10)6-13(21-22)16(17,18)19/h6,9-11,26H,3-5,7-8H2,1-2H3,(H,20,23)/t9?,11-/m0/s1. The Morgan fingerprint density at radius 1 is 1.46 bits per heavy atom. The molecule has 26 heavy (non-hydrogen) atoms. The van der Waals surface area contributed by atoms with Crippen LogP contribution >= 0.6 is 12.6 Å². The summed E-state index contributed by atoms with van der Waals surface area (Å²) < 4.78 is 44.9. The van der Waals surface area contributed by atoms with E-state index in [1.165, 1.54) is 4.68 Å². The number of thiol groups is 1. The van der Waals surface area contributed by atoms with Crippen LogP contribution in [0.5, 0.6) is 0 Å². The highest BCUT2D eigenvalue weighted by molar-refractivity contribution is 7.80. The van der Waals surface area contributed by atoms with E-state index in [1.807, 2.05) is 0 Å². The molecule has 0 saturated heterocycles. The quantitative estimate of drug-likeness (QED) is 0.526. The number of alkyl halides is 3. The van der Waals surface area contributed by atoms with Gasteiger partial charge >= 0.3 is 12.1 Å². The number of hydrogen-bond acceptors (Lipinski definition) is 5. The van der Waals surface area contributed by atoms with E-state index >= 15 is 0 Å². The summed E-state index contributed by atoms with van der Waals surface area (Å²) in [5.41, 5.74) is -0.458. The summed E-state index contributed by atoms with van der Waals surface area (Å²) in [5.74, 6) is -1.63. The van der Waals surface area contributed by atoms with Crippen molar-refractivity contribution in [2.45, 2.75) is 51.4 Å². The predicted molar refractivity (Wildman–Crippen MR) is 90.8 cm³/mol. The van der Waals surface area contributed by atoms with Gasteiger partial charge in [0.1, 0.15) is 6.04 Å². The second-order valence-electron chi connectivity index (χ2n) is 6.31. The Bertz CT molecular complexity index is 659. The number of nitrogens with zero attached hydrogens (tertiary/aromatic N) is 2. The average Bonchev–Trinajstić information content (AvgIpc) is 3.31. The fourth-order valence-corrected chi connectivity index (χ4v) is 2.74. The maximum Gasteiger partial charge on any atom is 0.435 e. The number of amides is 1. The van der Waals surface area contributed by atoms with E-state index in [2.05, 4.69) is 23.0 Å². The Hall–Kier alpha value is -1.71. The second-order valence-corrected chi connectivity index (χ2v) is 6.67. The van der Waals surface area contributed by atoms with Crippen molar-refractivity contribution in [1.29, 1.82) is 0 Å². The normalized spacial score (nSPS) is 16.8. The van der Waals surface area contributed by atoms with E-state index in [4.69, 9.17) is 4.74 Å². The molecule has 1 aliphatic carbocycles. The number of halogens is 3. The Morgan fingerprint density at radius 2 is 2.12 bits per heavy atom. The van der Waals surface area contributed by atoms with Crippen molar-refractivity contribution in [3.05, 3.63) is 17.5 Å². The third-order valence-electron chi connectivity index (χ3n) is 4.06. The maximum atomic E-state index is 12.9. The summed E-state index contributed by atoms with van der Waals surface area (Å²) in [6.07, 6.45) is -2.90. The predicted octanol–water partition coefficient (Wildman–Crippen LogP) is 2.39. The Kier molecular flexibility index (Phi) is 6.59. The van der Waals surface area contributed by atoms with Gasteiger partial charge in [0, 0.05) is 17.4 Å². The fraction of sp³-hybridized carbons (Fsp3) is 0.688. The van der Waals surface area contributed by atoms with Crippen LogP contribution < -0.4 is 5.32 Å². The Morgan fingerprint density at radius 3 is 2.62 bits per heavy atom. The molecule has 2 atom stereocenters. The van der Waals surface area contributed by atoms with Crippen LogP contribution in [0.25, 0.3) is 0 Å². The first-order valence-corrected chi connectivity index (χ1v) is 9.03. The van der Waals surface area contributed by atoms with Gasteiger partial charge in [-0.3, -0.25) is 9.48 Å². The summed E-state index contributed by atoms with van der Waals surface area (Å²) in [4.78, 5) is 24.0. The minimum atomic E-state index is -4.53. The van der Waals surface area contributed by atoms with Crippen molar-refractivity contribution < 1.29 is 27.5 Å². The van der Waals surface area contributed by atoms with E-state index in [0.29, 0.717) is 5.69 Å². The van der Waals surface area contributed by atoms with Gasteiger partial charge < -0.3 is 10.1 Å². The van der Waals surface area contributed by atoms with Gasteiger partial charge in [-0.05, 0) is 25.8 Å². The first kappa shape index (κ1) is 20.6. The molecule has 2 rings (SSSR count). The van der Waals surface area contributed by atoms with Crippen LogP contribution in [0.2, 0.25) is 0 Å². The average molecular weight is 393 g/mol. The molecule has 1 aromatic rings. The zero-order valence-electron chi connectivity index (χ0n) is 14.5. The van der Waals surface area contributed by atoms with E-state index in [9.17, 15) is 22.8 Å². The van der Waals surface area contributed by atoms with Crippen LogP contribution in [0.3, 0.4) is 0 Å². The smallest absolute Gasteiger partial charge is 0.435 e. The minimum absolute atomic E-state index is 0.00410. The zero-order chi connectivity index (χ0) is 19.5. The van der Waals surface area contributed by atoms with E-state index in [1.54, 1.807) is 13.8 Å². The van der Waals surface area contributed by atoms with Crippen LogP contribution in [0.4, 0.5) is 13.2 Å². The molecule has 1 amide bonds. The highest BCUT2D eigenvalue weighted by Gasteiger charge is 2.38. The Balaban J connectivity index is 2.06. The summed E-state index contributed by atoms with van der Waals surface area (Å²) in [6, 6.07) is 0.150. The first-order valence-electron chi connectivity index (χ1n) is 8.40. The van der Waals surface area contributed by atoms with Gasteiger partial charge in [0.05, 0.1) is 19.1 Å². The van der Waals surface area contributed by atoms with Crippen LogP contribution in [0.15, 0.2) is 6.07 Å². The van der Waals surface area contributed by atoms with Crippen LogP contribution in [0.1, 0.15) is 44.0 Å². The lowest BCUT2D eigenvalue weighted by Gasteiger charge is -2.19. The van der Waals surface area contributed by atoms with Gasteiger partial charge in [-0.15, -0.1) is 0 Å². The maximum absolute atomic E-state index is 12.9. The van der Waals surface area contributed by atoms with Gasteiger partial charge in [0.25, 0.3) is 0 Å². The molecule has 6 nitrogen and oxygen atoms in total. The zero-order valence-corrected chi connectivity index (χ0v) is 15.4. The van der Waals surface area contributed by atoms with Gasteiger partial charge in [-0.1, -0.05) is 6.92 Å². The number of hydrogen-bond donors (Lipinski definition) is 2. The molecule has 146 valence electrons. The van der Waals surface area contributed by atoms with Gasteiger partial charge in [0.15, 0.2) is 5.69 Å². The molecule has 10 heteroatoms. The lowest BCUT2D eigenvalue weighted by molar-refractivity contribution is -0.147. The molecule has 0 aromatic carbocycles. The molecule has 0 bridgehead atoms. The molecular formula is C16H22F3N3O3S. The molecule has 1 fully saturated rings. The summed E-state index contributed by atoms with van der Waals surface area (Å²) in [7, 11) is 0. The molecule has 0 spiro atoms. The SMILES string of the molecule is CCOC(=O)[C@H](CS)NC(=O)C(C)Cn1nc(C(F)(F)F)cc1C1CC1.